The van der Waals surface area contributed by atoms with Crippen LogP contribution in [-0.4, -0.2) is 43.5 Å². The standard InChI is InChI=1S/C11H21N3O/c12-6-10-5-11(15)14(8-10)7-9-1-3-13-4-2-9/h9-10,13H,1-8,12H2. The molecule has 0 spiro atoms. The van der Waals surface area contributed by atoms with Gasteiger partial charge in [-0.1, -0.05) is 0 Å². The van der Waals surface area contributed by atoms with E-state index in [-0.39, 0.29) is 0 Å². The van der Waals surface area contributed by atoms with Crippen molar-refractivity contribution in [1.82, 2.24) is 10.2 Å². The molecule has 1 atom stereocenters. The van der Waals surface area contributed by atoms with Crippen LogP contribution >= 0.6 is 0 Å². The van der Waals surface area contributed by atoms with Crippen molar-refractivity contribution < 1.29 is 4.79 Å². The number of carbonyl (C=O) groups excluding carboxylic acids is 1. The topological polar surface area (TPSA) is 58.4 Å². The average molecular weight is 211 g/mol. The number of nitrogens with one attached hydrogen (secondary N) is 1. The van der Waals surface area contributed by atoms with Crippen LogP contribution < -0.4 is 11.1 Å². The van der Waals surface area contributed by atoms with Gasteiger partial charge in [-0.15, -0.1) is 0 Å². The van der Waals surface area contributed by atoms with Crippen molar-refractivity contribution in [3.8, 4) is 0 Å². The zero-order valence-corrected chi connectivity index (χ0v) is 9.24. The molecule has 0 aromatic carbocycles. The number of nitrogens with two attached hydrogens (primary N) is 1. The van der Waals surface area contributed by atoms with Crippen molar-refractivity contribution in [3.63, 3.8) is 0 Å². The summed E-state index contributed by atoms with van der Waals surface area (Å²) in [6.07, 6.45) is 3.08. The second-order valence-corrected chi connectivity index (χ2v) is 4.80. The number of hydrogen-bond donors (Lipinski definition) is 2. The number of rotatable bonds is 3. The molecule has 4 heteroatoms. The van der Waals surface area contributed by atoms with Gasteiger partial charge < -0.3 is 16.0 Å². The second-order valence-electron chi connectivity index (χ2n) is 4.80. The van der Waals surface area contributed by atoms with Crippen molar-refractivity contribution in [1.29, 1.82) is 0 Å². The Balaban J connectivity index is 1.81. The van der Waals surface area contributed by atoms with Gasteiger partial charge in [-0.25, -0.2) is 0 Å². The summed E-state index contributed by atoms with van der Waals surface area (Å²) in [6, 6.07) is 0. The number of likely N-dealkylation sites (tertiary alicyclic amines) is 1. The first-order valence-corrected chi connectivity index (χ1v) is 5.98. The summed E-state index contributed by atoms with van der Waals surface area (Å²) in [5.74, 6) is 1.41. The molecule has 1 amide bonds. The molecular formula is C11H21N3O. The van der Waals surface area contributed by atoms with Crippen molar-refractivity contribution in [3.05, 3.63) is 0 Å². The molecule has 0 aromatic rings. The Morgan fingerprint density at radius 3 is 2.67 bits per heavy atom. The van der Waals surface area contributed by atoms with Gasteiger partial charge >= 0.3 is 0 Å². The lowest BCUT2D eigenvalue weighted by Gasteiger charge is -2.27. The summed E-state index contributed by atoms with van der Waals surface area (Å²) >= 11 is 0. The number of nitrogens with zero attached hydrogens (tertiary/aromatic N) is 1. The van der Waals surface area contributed by atoms with Crippen molar-refractivity contribution >= 4 is 5.91 Å². The van der Waals surface area contributed by atoms with E-state index in [9.17, 15) is 4.79 Å². The molecule has 3 N–H and O–H groups in total. The van der Waals surface area contributed by atoms with Crippen LogP contribution in [0.3, 0.4) is 0 Å². The van der Waals surface area contributed by atoms with Gasteiger partial charge in [-0.2, -0.15) is 0 Å². The van der Waals surface area contributed by atoms with Crippen molar-refractivity contribution in [2.75, 3.05) is 32.7 Å². The smallest absolute Gasteiger partial charge is 0.222 e. The summed E-state index contributed by atoms with van der Waals surface area (Å²) in [7, 11) is 0. The Morgan fingerprint density at radius 1 is 1.33 bits per heavy atom. The van der Waals surface area contributed by atoms with Crippen molar-refractivity contribution in [2.24, 2.45) is 17.6 Å². The van der Waals surface area contributed by atoms with Gasteiger partial charge in [0, 0.05) is 19.5 Å². The van der Waals surface area contributed by atoms with Crippen LogP contribution in [-0.2, 0) is 4.79 Å². The first-order valence-electron chi connectivity index (χ1n) is 5.98. The van der Waals surface area contributed by atoms with Gasteiger partial charge in [0.15, 0.2) is 0 Å². The predicted octanol–water partition coefficient (Wildman–Crippen LogP) is -0.207. The lowest BCUT2D eigenvalue weighted by atomic mass is 9.98. The molecule has 2 aliphatic heterocycles. The van der Waals surface area contributed by atoms with Crippen LogP contribution in [0.1, 0.15) is 19.3 Å². The van der Waals surface area contributed by atoms with Gasteiger partial charge in [0.25, 0.3) is 0 Å². The molecule has 0 aromatic heterocycles. The van der Waals surface area contributed by atoms with Gasteiger partial charge in [-0.3, -0.25) is 4.79 Å². The minimum absolute atomic E-state index is 0.309. The fourth-order valence-corrected chi connectivity index (χ4v) is 2.56. The summed E-state index contributed by atoms with van der Waals surface area (Å²) in [5, 5.41) is 3.35. The fraction of sp³-hybridized carbons (Fsp3) is 0.909. The van der Waals surface area contributed by atoms with E-state index in [0.717, 1.165) is 26.2 Å². The second kappa shape index (κ2) is 4.94. The molecule has 0 bridgehead atoms. The highest BCUT2D eigenvalue weighted by Crippen LogP contribution is 2.21. The van der Waals surface area contributed by atoms with E-state index >= 15 is 0 Å². The summed E-state index contributed by atoms with van der Waals surface area (Å²) in [5.41, 5.74) is 5.60. The SMILES string of the molecule is NCC1CC(=O)N(CC2CCNCC2)C1. The Morgan fingerprint density at radius 2 is 2.07 bits per heavy atom. The van der Waals surface area contributed by atoms with Gasteiger partial charge in [0.1, 0.15) is 0 Å². The molecule has 2 saturated heterocycles. The fourth-order valence-electron chi connectivity index (χ4n) is 2.56. The molecule has 2 fully saturated rings. The minimum atomic E-state index is 0.309. The summed E-state index contributed by atoms with van der Waals surface area (Å²) in [6.45, 7) is 4.70. The highest BCUT2D eigenvalue weighted by Gasteiger charge is 2.30. The quantitative estimate of drug-likeness (QED) is 0.679. The third-order valence-electron chi connectivity index (χ3n) is 3.57. The molecule has 2 heterocycles. The van der Waals surface area contributed by atoms with Crippen molar-refractivity contribution in [2.45, 2.75) is 19.3 Å². The number of amides is 1. The Hall–Kier alpha value is -0.610. The highest BCUT2D eigenvalue weighted by atomic mass is 16.2. The Kier molecular flexibility index (Phi) is 3.59. The normalized spacial score (nSPS) is 28.7. The van der Waals surface area contributed by atoms with E-state index in [1.165, 1.54) is 12.8 Å². The lowest BCUT2D eigenvalue weighted by molar-refractivity contribution is -0.128. The Labute approximate surface area is 91.2 Å². The van der Waals surface area contributed by atoms with Crippen LogP contribution in [0.5, 0.6) is 0 Å². The number of carbonyl (C=O) groups is 1. The zero-order chi connectivity index (χ0) is 10.7. The van der Waals surface area contributed by atoms with E-state index < -0.39 is 0 Å². The molecular weight excluding hydrogens is 190 g/mol. The molecule has 1 unspecified atom stereocenters. The highest BCUT2D eigenvalue weighted by molar-refractivity contribution is 5.78. The largest absolute Gasteiger partial charge is 0.342 e. The average Bonchev–Trinajstić information content (AvgIpc) is 2.61. The molecule has 15 heavy (non-hydrogen) atoms. The molecule has 0 radical (unpaired) electrons. The van der Waals surface area contributed by atoms with Crippen LogP contribution in [0.4, 0.5) is 0 Å². The lowest BCUT2D eigenvalue weighted by Crippen LogP contribution is -2.37. The van der Waals surface area contributed by atoms with E-state index in [1.807, 2.05) is 4.90 Å². The van der Waals surface area contributed by atoms with E-state index in [0.29, 0.717) is 30.7 Å². The van der Waals surface area contributed by atoms with Gasteiger partial charge in [-0.05, 0) is 44.3 Å². The van der Waals surface area contributed by atoms with Crippen LogP contribution in [0, 0.1) is 11.8 Å². The van der Waals surface area contributed by atoms with E-state index in [4.69, 9.17) is 5.73 Å². The monoisotopic (exact) mass is 211 g/mol. The first-order chi connectivity index (χ1) is 7.29. The Bertz CT molecular complexity index is 226. The van der Waals surface area contributed by atoms with E-state index in [2.05, 4.69) is 5.32 Å². The predicted molar refractivity (Wildman–Crippen MR) is 59.3 cm³/mol. The molecule has 4 nitrogen and oxygen atoms in total. The third kappa shape index (κ3) is 2.69. The summed E-state index contributed by atoms with van der Waals surface area (Å²) < 4.78 is 0. The van der Waals surface area contributed by atoms with Crippen LogP contribution in [0.25, 0.3) is 0 Å². The first kappa shape index (κ1) is 10.9. The maximum atomic E-state index is 11.7. The molecule has 86 valence electrons. The van der Waals surface area contributed by atoms with E-state index in [1.54, 1.807) is 0 Å². The maximum absolute atomic E-state index is 11.7. The summed E-state index contributed by atoms with van der Waals surface area (Å²) in [4.78, 5) is 13.7. The number of piperidine rings is 1. The maximum Gasteiger partial charge on any atom is 0.222 e. The number of hydrogen-bond acceptors (Lipinski definition) is 3. The molecule has 0 aliphatic carbocycles. The molecule has 2 aliphatic rings. The van der Waals surface area contributed by atoms with Crippen LogP contribution in [0.2, 0.25) is 0 Å². The third-order valence-corrected chi connectivity index (χ3v) is 3.57. The zero-order valence-electron chi connectivity index (χ0n) is 9.24. The minimum Gasteiger partial charge on any atom is -0.342 e. The van der Waals surface area contributed by atoms with Gasteiger partial charge in [0.05, 0.1) is 0 Å². The van der Waals surface area contributed by atoms with Crippen LogP contribution in [0.15, 0.2) is 0 Å². The van der Waals surface area contributed by atoms with Gasteiger partial charge in [0.2, 0.25) is 5.91 Å². The molecule has 2 rings (SSSR count). The molecule has 0 saturated carbocycles.